The lowest BCUT2D eigenvalue weighted by atomic mass is 10.1. The molecule has 5 nitrogen and oxygen atoms in total. The number of carbonyl (C=O) groups is 1. The van der Waals surface area contributed by atoms with Crippen molar-refractivity contribution in [2.75, 3.05) is 0 Å². The van der Waals surface area contributed by atoms with Crippen molar-refractivity contribution in [2.45, 2.75) is 20.4 Å². The van der Waals surface area contributed by atoms with Crippen molar-refractivity contribution in [1.29, 1.82) is 0 Å². The van der Waals surface area contributed by atoms with Gasteiger partial charge in [0.2, 0.25) is 0 Å². The van der Waals surface area contributed by atoms with E-state index < -0.39 is 0 Å². The van der Waals surface area contributed by atoms with Crippen LogP contribution in [0.15, 0.2) is 55.2 Å². The second-order valence-electron chi connectivity index (χ2n) is 5.44. The van der Waals surface area contributed by atoms with Gasteiger partial charge in [-0.25, -0.2) is 9.97 Å². The second kappa shape index (κ2) is 6.44. The summed E-state index contributed by atoms with van der Waals surface area (Å²) in [6.45, 7) is 4.45. The Labute approximate surface area is 135 Å². The molecule has 0 saturated carbocycles. The summed E-state index contributed by atoms with van der Waals surface area (Å²) in [4.78, 5) is 20.7. The molecule has 116 valence electrons. The number of nitrogens with one attached hydrogen (secondary N) is 1. The Kier molecular flexibility index (Phi) is 4.19. The van der Waals surface area contributed by atoms with Gasteiger partial charge in [-0.05, 0) is 43.2 Å². The van der Waals surface area contributed by atoms with Crippen LogP contribution in [0.2, 0.25) is 0 Å². The average Bonchev–Trinajstić information content (AvgIpc) is 3.10. The van der Waals surface area contributed by atoms with E-state index in [1.165, 1.54) is 5.56 Å². The normalized spacial score (nSPS) is 10.5. The fourth-order valence-electron chi connectivity index (χ4n) is 2.35. The van der Waals surface area contributed by atoms with Crippen LogP contribution in [0.4, 0.5) is 0 Å². The van der Waals surface area contributed by atoms with Gasteiger partial charge in [0, 0.05) is 36.3 Å². The Morgan fingerprint density at radius 3 is 2.78 bits per heavy atom. The number of aromatic nitrogens is 3. The summed E-state index contributed by atoms with van der Waals surface area (Å²) in [5.41, 5.74) is 3.89. The van der Waals surface area contributed by atoms with Gasteiger partial charge in [-0.2, -0.15) is 0 Å². The van der Waals surface area contributed by atoms with E-state index in [2.05, 4.69) is 15.3 Å². The fourth-order valence-corrected chi connectivity index (χ4v) is 2.35. The highest BCUT2D eigenvalue weighted by molar-refractivity contribution is 5.94. The number of hydrogen-bond acceptors (Lipinski definition) is 3. The smallest absolute Gasteiger partial charge is 0.251 e. The monoisotopic (exact) mass is 306 g/mol. The van der Waals surface area contributed by atoms with E-state index in [4.69, 9.17) is 0 Å². The Bertz CT molecular complexity index is 825. The minimum Gasteiger partial charge on any atom is -0.348 e. The maximum absolute atomic E-state index is 12.3. The van der Waals surface area contributed by atoms with Crippen LogP contribution in [-0.4, -0.2) is 20.4 Å². The highest BCUT2D eigenvalue weighted by Gasteiger charge is 2.09. The Hall–Kier alpha value is -2.95. The minimum atomic E-state index is -0.0893. The first-order chi connectivity index (χ1) is 11.1. The number of rotatable bonds is 4. The molecule has 0 aliphatic rings. The van der Waals surface area contributed by atoms with Crippen LogP contribution in [-0.2, 0) is 6.54 Å². The van der Waals surface area contributed by atoms with Crippen LogP contribution in [0.5, 0.6) is 0 Å². The van der Waals surface area contributed by atoms with Crippen molar-refractivity contribution in [1.82, 2.24) is 19.9 Å². The lowest BCUT2D eigenvalue weighted by molar-refractivity contribution is 0.0951. The maximum Gasteiger partial charge on any atom is 0.251 e. The molecule has 0 spiro atoms. The van der Waals surface area contributed by atoms with E-state index >= 15 is 0 Å². The van der Waals surface area contributed by atoms with E-state index in [0.29, 0.717) is 12.1 Å². The SMILES string of the molecule is Cc1ccc(C(=O)NCc2cccnc2-n2ccnc2)cc1C. The molecular weight excluding hydrogens is 288 g/mol. The molecule has 0 atom stereocenters. The summed E-state index contributed by atoms with van der Waals surface area (Å²) in [6.07, 6.45) is 6.95. The number of benzene rings is 1. The fraction of sp³-hybridized carbons (Fsp3) is 0.167. The molecule has 23 heavy (non-hydrogen) atoms. The van der Waals surface area contributed by atoms with E-state index in [1.54, 1.807) is 18.7 Å². The van der Waals surface area contributed by atoms with Gasteiger partial charge in [0.1, 0.15) is 12.1 Å². The van der Waals surface area contributed by atoms with Crippen LogP contribution >= 0.6 is 0 Å². The van der Waals surface area contributed by atoms with E-state index in [0.717, 1.165) is 16.9 Å². The van der Waals surface area contributed by atoms with Crippen LogP contribution < -0.4 is 5.32 Å². The van der Waals surface area contributed by atoms with Crippen LogP contribution in [0.3, 0.4) is 0 Å². The quantitative estimate of drug-likeness (QED) is 0.806. The van der Waals surface area contributed by atoms with Crippen LogP contribution in [0.1, 0.15) is 27.0 Å². The highest BCUT2D eigenvalue weighted by Crippen LogP contribution is 2.12. The summed E-state index contributed by atoms with van der Waals surface area (Å²) >= 11 is 0. The third-order valence-electron chi connectivity index (χ3n) is 3.82. The molecule has 2 aromatic heterocycles. The summed E-state index contributed by atoms with van der Waals surface area (Å²) in [5, 5.41) is 2.95. The zero-order valence-corrected chi connectivity index (χ0v) is 13.2. The molecule has 0 radical (unpaired) electrons. The van der Waals surface area contributed by atoms with E-state index in [9.17, 15) is 4.79 Å². The van der Waals surface area contributed by atoms with Crippen molar-refractivity contribution in [3.63, 3.8) is 0 Å². The number of aryl methyl sites for hydroxylation is 2. The van der Waals surface area contributed by atoms with Crippen molar-refractivity contribution >= 4 is 5.91 Å². The standard InChI is InChI=1S/C18H18N4O/c1-13-5-6-15(10-14(13)2)18(23)21-11-16-4-3-7-20-17(16)22-9-8-19-12-22/h3-10,12H,11H2,1-2H3,(H,21,23). The van der Waals surface area contributed by atoms with Gasteiger partial charge in [-0.3, -0.25) is 9.36 Å². The predicted molar refractivity (Wildman–Crippen MR) is 88.4 cm³/mol. The highest BCUT2D eigenvalue weighted by atomic mass is 16.1. The molecule has 3 rings (SSSR count). The van der Waals surface area contributed by atoms with Crippen LogP contribution in [0, 0.1) is 13.8 Å². The first-order valence-corrected chi connectivity index (χ1v) is 7.43. The van der Waals surface area contributed by atoms with Gasteiger partial charge in [0.25, 0.3) is 5.91 Å². The lowest BCUT2D eigenvalue weighted by Crippen LogP contribution is -2.23. The van der Waals surface area contributed by atoms with Crippen molar-refractivity contribution in [3.05, 3.63) is 77.5 Å². The molecule has 1 N–H and O–H groups in total. The Morgan fingerprint density at radius 2 is 2.04 bits per heavy atom. The molecule has 0 fully saturated rings. The number of hydrogen-bond donors (Lipinski definition) is 1. The van der Waals surface area contributed by atoms with E-state index in [1.807, 2.05) is 54.9 Å². The van der Waals surface area contributed by atoms with E-state index in [-0.39, 0.29) is 5.91 Å². The number of amides is 1. The molecule has 0 aliphatic heterocycles. The Balaban J connectivity index is 1.76. The second-order valence-corrected chi connectivity index (χ2v) is 5.44. The topological polar surface area (TPSA) is 59.8 Å². The minimum absolute atomic E-state index is 0.0893. The largest absolute Gasteiger partial charge is 0.348 e. The maximum atomic E-state index is 12.3. The molecule has 5 heteroatoms. The molecule has 3 aromatic rings. The van der Waals surface area contributed by atoms with Crippen molar-refractivity contribution in [2.24, 2.45) is 0 Å². The van der Waals surface area contributed by atoms with Crippen molar-refractivity contribution < 1.29 is 4.79 Å². The molecular formula is C18H18N4O. The van der Waals surface area contributed by atoms with Gasteiger partial charge in [0.15, 0.2) is 0 Å². The summed E-state index contributed by atoms with van der Waals surface area (Å²) in [6, 6.07) is 9.52. The molecule has 0 saturated heterocycles. The average molecular weight is 306 g/mol. The van der Waals surface area contributed by atoms with Gasteiger partial charge in [0.05, 0.1) is 0 Å². The number of imidazole rings is 1. The summed E-state index contributed by atoms with van der Waals surface area (Å²) in [5.74, 6) is 0.680. The van der Waals surface area contributed by atoms with Crippen molar-refractivity contribution in [3.8, 4) is 5.82 Å². The molecule has 0 aliphatic carbocycles. The summed E-state index contributed by atoms with van der Waals surface area (Å²) in [7, 11) is 0. The lowest BCUT2D eigenvalue weighted by Gasteiger charge is -2.11. The zero-order valence-electron chi connectivity index (χ0n) is 13.2. The Morgan fingerprint density at radius 1 is 1.17 bits per heavy atom. The number of carbonyl (C=O) groups excluding carboxylic acids is 1. The molecule has 0 bridgehead atoms. The summed E-state index contributed by atoms with van der Waals surface area (Å²) < 4.78 is 1.83. The van der Waals surface area contributed by atoms with Gasteiger partial charge < -0.3 is 5.32 Å². The zero-order chi connectivity index (χ0) is 16.2. The molecule has 0 unspecified atom stereocenters. The first-order valence-electron chi connectivity index (χ1n) is 7.43. The third-order valence-corrected chi connectivity index (χ3v) is 3.82. The molecule has 1 aromatic carbocycles. The number of pyridine rings is 1. The molecule has 2 heterocycles. The third kappa shape index (κ3) is 3.29. The van der Waals surface area contributed by atoms with Gasteiger partial charge >= 0.3 is 0 Å². The number of nitrogens with zero attached hydrogens (tertiary/aromatic N) is 3. The molecule has 1 amide bonds. The predicted octanol–water partition coefficient (Wildman–Crippen LogP) is 2.81. The van der Waals surface area contributed by atoms with Gasteiger partial charge in [-0.15, -0.1) is 0 Å². The first kappa shape index (κ1) is 15.0. The van der Waals surface area contributed by atoms with Gasteiger partial charge in [-0.1, -0.05) is 12.1 Å². The van der Waals surface area contributed by atoms with Crippen LogP contribution in [0.25, 0.3) is 5.82 Å².